The fourth-order valence-electron chi connectivity index (χ4n) is 6.20. The van der Waals surface area contributed by atoms with Gasteiger partial charge in [-0.15, -0.1) is 12.4 Å². The molecule has 276 valence electrons. The molecular weight excluding hydrogens is 590 g/mol. The molecule has 0 aromatic carbocycles. The van der Waals surface area contributed by atoms with E-state index >= 15 is 0 Å². The van der Waals surface area contributed by atoms with Crippen LogP contribution in [0.25, 0.3) is 0 Å². The lowest BCUT2D eigenvalue weighted by Gasteiger charge is -2.08. The third-order valence-corrected chi connectivity index (χ3v) is 9.26. The first-order valence-corrected chi connectivity index (χ1v) is 20.4. The number of rotatable bonds is 38. The van der Waals surface area contributed by atoms with Crippen molar-refractivity contribution in [2.75, 3.05) is 26.2 Å². The first-order chi connectivity index (χ1) is 22.2. The monoisotopic (exact) mass is 672 g/mol. The summed E-state index contributed by atoms with van der Waals surface area (Å²) in [5.41, 5.74) is 0. The first kappa shape index (κ1) is 47.3. The zero-order valence-electron chi connectivity index (χ0n) is 31.2. The number of carbonyl (C=O) groups excluding carboxylic acids is 2. The highest BCUT2D eigenvalue weighted by Crippen LogP contribution is 2.15. The largest absolute Gasteiger partial charge is 0.355 e. The average Bonchev–Trinajstić information content (AvgIpc) is 3.04. The number of unbranched alkanes of at least 4 members (excludes halogenated alkanes) is 28. The van der Waals surface area contributed by atoms with Gasteiger partial charge in [0.15, 0.2) is 0 Å². The molecule has 0 heterocycles. The minimum absolute atomic E-state index is 0. The highest BCUT2D eigenvalue weighted by Gasteiger charge is 2.02. The van der Waals surface area contributed by atoms with E-state index in [0.29, 0.717) is 25.9 Å². The minimum atomic E-state index is 0. The normalized spacial score (nSPS) is 11.0. The van der Waals surface area contributed by atoms with Crippen LogP contribution >= 0.6 is 12.4 Å². The van der Waals surface area contributed by atoms with Crippen LogP contribution in [-0.2, 0) is 9.59 Å². The number of amides is 2. The van der Waals surface area contributed by atoms with Crippen LogP contribution in [0.1, 0.15) is 219 Å². The van der Waals surface area contributed by atoms with Crippen molar-refractivity contribution in [1.29, 1.82) is 0 Å². The summed E-state index contributed by atoms with van der Waals surface area (Å²) in [5.74, 6) is 0.339. The van der Waals surface area contributed by atoms with Crippen molar-refractivity contribution in [2.45, 2.75) is 219 Å². The van der Waals surface area contributed by atoms with Crippen molar-refractivity contribution < 1.29 is 9.59 Å². The molecule has 0 aliphatic carbocycles. The van der Waals surface area contributed by atoms with Gasteiger partial charge in [-0.2, -0.15) is 0 Å². The van der Waals surface area contributed by atoms with E-state index in [-0.39, 0.29) is 24.2 Å². The van der Waals surface area contributed by atoms with Gasteiger partial charge in [-0.05, 0) is 12.8 Å². The second-order valence-electron chi connectivity index (χ2n) is 13.8. The number of carbonyl (C=O) groups is 2. The molecule has 5 nitrogen and oxygen atoms in total. The number of nitrogens with one attached hydrogen (secondary N) is 3. The first-order valence-electron chi connectivity index (χ1n) is 20.4. The Morgan fingerprint density at radius 1 is 0.326 bits per heavy atom. The van der Waals surface area contributed by atoms with E-state index in [1.54, 1.807) is 0 Å². The molecule has 0 aromatic heterocycles. The van der Waals surface area contributed by atoms with Crippen LogP contribution in [0.15, 0.2) is 0 Å². The summed E-state index contributed by atoms with van der Waals surface area (Å²) in [7, 11) is 0. The van der Waals surface area contributed by atoms with E-state index in [9.17, 15) is 9.59 Å². The predicted octanol–water partition coefficient (Wildman–Crippen LogP) is 11.8. The maximum absolute atomic E-state index is 12.0. The standard InChI is InChI=1S/C40H81N3O2.ClH/c1-3-5-7-9-11-13-15-17-19-21-23-25-27-29-31-33-39(44)42-37-35-41-36-38-43-40(45)34-32-30-28-26-24-22-20-18-16-14-12-10-8-6-4-2;/h41H,3-38H2,1-2H3,(H,42,44)(H,43,45);1H. The Morgan fingerprint density at radius 3 is 0.783 bits per heavy atom. The molecule has 0 fully saturated rings. The molecule has 0 saturated heterocycles. The highest BCUT2D eigenvalue weighted by atomic mass is 35.5. The summed E-state index contributed by atoms with van der Waals surface area (Å²) in [6, 6.07) is 0. The summed E-state index contributed by atoms with van der Waals surface area (Å²) in [6.45, 7) is 7.38. The lowest BCUT2D eigenvalue weighted by molar-refractivity contribution is -0.121. The fourth-order valence-corrected chi connectivity index (χ4v) is 6.20. The minimum Gasteiger partial charge on any atom is -0.355 e. The molecule has 0 aliphatic heterocycles. The van der Waals surface area contributed by atoms with E-state index < -0.39 is 0 Å². The third kappa shape index (κ3) is 41.2. The molecule has 0 atom stereocenters. The zero-order chi connectivity index (χ0) is 32.7. The van der Waals surface area contributed by atoms with Crippen molar-refractivity contribution in [3.05, 3.63) is 0 Å². The summed E-state index contributed by atoms with van der Waals surface area (Å²) in [4.78, 5) is 24.1. The Hall–Kier alpha value is -0.810. The molecular formula is C40H82ClN3O2. The van der Waals surface area contributed by atoms with Gasteiger partial charge in [0.1, 0.15) is 0 Å². The number of hydrogen-bond donors (Lipinski definition) is 3. The smallest absolute Gasteiger partial charge is 0.220 e. The Balaban J connectivity index is 0. The van der Waals surface area contributed by atoms with Gasteiger partial charge in [-0.1, -0.05) is 194 Å². The van der Waals surface area contributed by atoms with Crippen LogP contribution in [0.4, 0.5) is 0 Å². The third-order valence-electron chi connectivity index (χ3n) is 9.26. The molecule has 0 radical (unpaired) electrons. The fraction of sp³-hybridized carbons (Fsp3) is 0.950. The lowest BCUT2D eigenvalue weighted by atomic mass is 10.0. The van der Waals surface area contributed by atoms with Crippen molar-refractivity contribution in [1.82, 2.24) is 16.0 Å². The summed E-state index contributed by atoms with van der Waals surface area (Å²) >= 11 is 0. The van der Waals surface area contributed by atoms with E-state index in [1.807, 2.05) is 0 Å². The van der Waals surface area contributed by atoms with E-state index in [4.69, 9.17) is 0 Å². The summed E-state index contributed by atoms with van der Waals surface area (Å²) < 4.78 is 0. The highest BCUT2D eigenvalue weighted by molar-refractivity contribution is 5.85. The van der Waals surface area contributed by atoms with Gasteiger partial charge >= 0.3 is 0 Å². The van der Waals surface area contributed by atoms with Crippen LogP contribution in [-0.4, -0.2) is 38.0 Å². The molecule has 0 unspecified atom stereocenters. The molecule has 6 heteroatoms. The molecule has 0 saturated carbocycles. The Morgan fingerprint density at radius 2 is 0.543 bits per heavy atom. The number of hydrogen-bond acceptors (Lipinski definition) is 3. The summed E-state index contributed by atoms with van der Waals surface area (Å²) in [5, 5.41) is 9.34. The molecule has 3 N–H and O–H groups in total. The van der Waals surface area contributed by atoms with Crippen molar-refractivity contribution in [2.24, 2.45) is 0 Å². The van der Waals surface area contributed by atoms with Gasteiger partial charge in [-0.25, -0.2) is 0 Å². The number of halogens is 1. The Kier molecular flexibility index (Phi) is 43.4. The van der Waals surface area contributed by atoms with Crippen molar-refractivity contribution in [3.8, 4) is 0 Å². The van der Waals surface area contributed by atoms with Gasteiger partial charge in [0.2, 0.25) is 11.8 Å². The van der Waals surface area contributed by atoms with Crippen molar-refractivity contribution in [3.63, 3.8) is 0 Å². The van der Waals surface area contributed by atoms with Gasteiger partial charge < -0.3 is 16.0 Å². The van der Waals surface area contributed by atoms with E-state index in [0.717, 1.165) is 25.9 Å². The summed E-state index contributed by atoms with van der Waals surface area (Å²) in [6.07, 6.45) is 41.7. The average molecular weight is 673 g/mol. The van der Waals surface area contributed by atoms with Gasteiger partial charge in [0, 0.05) is 39.0 Å². The molecule has 0 aliphatic rings. The van der Waals surface area contributed by atoms with Gasteiger partial charge in [-0.3, -0.25) is 9.59 Å². The quantitative estimate of drug-likeness (QED) is 0.0572. The molecule has 0 rings (SSSR count). The van der Waals surface area contributed by atoms with Crippen LogP contribution in [0.2, 0.25) is 0 Å². The lowest BCUT2D eigenvalue weighted by Crippen LogP contribution is -2.36. The zero-order valence-corrected chi connectivity index (χ0v) is 32.0. The van der Waals surface area contributed by atoms with Crippen LogP contribution < -0.4 is 16.0 Å². The Labute approximate surface area is 294 Å². The molecule has 46 heavy (non-hydrogen) atoms. The molecule has 2 amide bonds. The van der Waals surface area contributed by atoms with Crippen molar-refractivity contribution >= 4 is 24.2 Å². The van der Waals surface area contributed by atoms with Crippen LogP contribution in [0.3, 0.4) is 0 Å². The van der Waals surface area contributed by atoms with Gasteiger partial charge in [0.05, 0.1) is 0 Å². The molecule has 0 aromatic rings. The second-order valence-corrected chi connectivity index (χ2v) is 13.8. The maximum atomic E-state index is 12.0. The molecule has 0 bridgehead atoms. The predicted molar refractivity (Wildman–Crippen MR) is 205 cm³/mol. The molecule has 0 spiro atoms. The SMILES string of the molecule is CCCCCCCCCCCCCCCCCC(=O)NCCNCCNC(=O)CCCCCCCCCCCCCCCCC.Cl. The van der Waals surface area contributed by atoms with Crippen LogP contribution in [0, 0.1) is 0 Å². The van der Waals surface area contributed by atoms with E-state index in [1.165, 1.54) is 180 Å². The van der Waals surface area contributed by atoms with E-state index in [2.05, 4.69) is 29.8 Å². The topological polar surface area (TPSA) is 70.2 Å². The van der Waals surface area contributed by atoms with Gasteiger partial charge in [0.25, 0.3) is 0 Å². The second kappa shape index (κ2) is 42.2. The Bertz CT molecular complexity index is 555. The van der Waals surface area contributed by atoms with Crippen LogP contribution in [0.5, 0.6) is 0 Å². The maximum Gasteiger partial charge on any atom is 0.220 e.